The summed E-state index contributed by atoms with van der Waals surface area (Å²) in [6.07, 6.45) is 2.25. The number of aromatic nitrogens is 3. The molecule has 2 aromatic heterocycles. The summed E-state index contributed by atoms with van der Waals surface area (Å²) in [5.41, 5.74) is 2.35. The molecule has 5 rings (SSSR count). The van der Waals surface area contributed by atoms with Crippen molar-refractivity contribution in [3.05, 3.63) is 41.8 Å². The number of carbonyl (C=O) groups is 1. The Morgan fingerprint density at radius 3 is 2.95 bits per heavy atom. The van der Waals surface area contributed by atoms with Crippen molar-refractivity contribution in [2.24, 2.45) is 0 Å². The zero-order valence-corrected chi connectivity index (χ0v) is 11.9. The van der Waals surface area contributed by atoms with Gasteiger partial charge >= 0.3 is 0 Å². The summed E-state index contributed by atoms with van der Waals surface area (Å²) in [5, 5.41) is 3.95. The molecule has 1 fully saturated rings. The van der Waals surface area contributed by atoms with Gasteiger partial charge in [0, 0.05) is 25.1 Å². The Morgan fingerprint density at radius 2 is 2.09 bits per heavy atom. The predicted octanol–water partition coefficient (Wildman–Crippen LogP) is 2.56. The lowest BCUT2D eigenvalue weighted by molar-refractivity contribution is 0.0980. The summed E-state index contributed by atoms with van der Waals surface area (Å²) in [5.74, 6) is 1.85. The van der Waals surface area contributed by atoms with Crippen molar-refractivity contribution in [2.75, 3.05) is 11.4 Å². The molecule has 0 saturated heterocycles. The Labute approximate surface area is 126 Å². The van der Waals surface area contributed by atoms with Gasteiger partial charge in [-0.1, -0.05) is 17.3 Å². The summed E-state index contributed by atoms with van der Waals surface area (Å²) < 4.78 is 7.37. The number of fused-ring (bicyclic) bond motifs is 3. The van der Waals surface area contributed by atoms with Crippen LogP contribution in [0.4, 0.5) is 5.95 Å². The Hall–Kier alpha value is -2.63. The molecule has 110 valence electrons. The highest BCUT2D eigenvalue weighted by Gasteiger charge is 2.33. The summed E-state index contributed by atoms with van der Waals surface area (Å²) in [4.78, 5) is 19.0. The maximum absolute atomic E-state index is 12.7. The topological polar surface area (TPSA) is 64.2 Å². The second kappa shape index (κ2) is 4.19. The molecule has 6 heteroatoms. The van der Waals surface area contributed by atoms with Crippen LogP contribution in [0.3, 0.4) is 0 Å². The molecule has 22 heavy (non-hydrogen) atoms. The molecule has 0 radical (unpaired) electrons. The largest absolute Gasteiger partial charge is 0.360 e. The van der Waals surface area contributed by atoms with Gasteiger partial charge in [-0.25, -0.2) is 4.98 Å². The standard InChI is InChI=1S/C16H14N4O2/c21-15(12-9-14(22-18-12)10-5-6-10)20-8-7-19-13-4-2-1-3-11(13)17-16(19)20/h1-4,9-10H,5-8H2. The Kier molecular flexibility index (Phi) is 2.28. The molecule has 2 aliphatic rings. The van der Waals surface area contributed by atoms with Gasteiger partial charge in [-0.3, -0.25) is 9.69 Å². The molecular weight excluding hydrogens is 280 g/mol. The van der Waals surface area contributed by atoms with E-state index in [1.807, 2.05) is 24.3 Å². The number of amides is 1. The third-order valence-corrected chi connectivity index (χ3v) is 4.40. The van der Waals surface area contributed by atoms with Crippen molar-refractivity contribution in [2.45, 2.75) is 25.3 Å². The lowest BCUT2D eigenvalue weighted by atomic mass is 10.2. The molecule has 1 aliphatic heterocycles. The van der Waals surface area contributed by atoms with Crippen molar-refractivity contribution in [1.29, 1.82) is 0 Å². The number of hydrogen-bond acceptors (Lipinski definition) is 4. The molecule has 1 aliphatic carbocycles. The molecule has 0 N–H and O–H groups in total. The smallest absolute Gasteiger partial charge is 0.282 e. The second-order valence-corrected chi connectivity index (χ2v) is 5.90. The molecule has 1 amide bonds. The number of nitrogens with zero attached hydrogens (tertiary/aromatic N) is 4. The average Bonchev–Trinajstić information content (AvgIpc) is 3.00. The van der Waals surface area contributed by atoms with Crippen LogP contribution >= 0.6 is 0 Å². The average molecular weight is 294 g/mol. The normalized spacial score (nSPS) is 17.2. The van der Waals surface area contributed by atoms with Crippen LogP contribution in [0.1, 0.15) is 35.0 Å². The van der Waals surface area contributed by atoms with E-state index < -0.39 is 0 Å². The zero-order chi connectivity index (χ0) is 14.7. The van der Waals surface area contributed by atoms with Gasteiger partial charge in [0.25, 0.3) is 5.91 Å². The Morgan fingerprint density at radius 1 is 1.23 bits per heavy atom. The van der Waals surface area contributed by atoms with Crippen LogP contribution in [-0.4, -0.2) is 27.2 Å². The molecular formula is C16H14N4O2. The molecule has 0 bridgehead atoms. The summed E-state index contributed by atoms with van der Waals surface area (Å²) in [7, 11) is 0. The van der Waals surface area contributed by atoms with Crippen LogP contribution in [0.5, 0.6) is 0 Å². The highest BCUT2D eigenvalue weighted by atomic mass is 16.5. The highest BCUT2D eigenvalue weighted by molar-refractivity contribution is 6.05. The third kappa shape index (κ3) is 1.63. The van der Waals surface area contributed by atoms with Crippen molar-refractivity contribution in [3.63, 3.8) is 0 Å². The molecule has 3 aromatic rings. The van der Waals surface area contributed by atoms with E-state index in [1.165, 1.54) is 0 Å². The van der Waals surface area contributed by atoms with Crippen LogP contribution in [0, 0.1) is 0 Å². The first-order chi connectivity index (χ1) is 10.8. The number of imidazole rings is 1. The fourth-order valence-electron chi connectivity index (χ4n) is 3.07. The molecule has 0 spiro atoms. The number of anilines is 1. The van der Waals surface area contributed by atoms with E-state index in [9.17, 15) is 4.79 Å². The van der Waals surface area contributed by atoms with E-state index in [-0.39, 0.29) is 5.91 Å². The molecule has 6 nitrogen and oxygen atoms in total. The van der Waals surface area contributed by atoms with Gasteiger partial charge in [-0.15, -0.1) is 0 Å². The van der Waals surface area contributed by atoms with E-state index in [1.54, 1.807) is 11.0 Å². The summed E-state index contributed by atoms with van der Waals surface area (Å²) in [6, 6.07) is 9.72. The lowest BCUT2D eigenvalue weighted by Gasteiger charge is -2.11. The minimum absolute atomic E-state index is 0.135. The Bertz CT molecular complexity index is 891. The zero-order valence-electron chi connectivity index (χ0n) is 11.9. The van der Waals surface area contributed by atoms with Gasteiger partial charge in [0.1, 0.15) is 5.76 Å². The number of benzene rings is 1. The second-order valence-electron chi connectivity index (χ2n) is 5.90. The van der Waals surface area contributed by atoms with E-state index >= 15 is 0 Å². The van der Waals surface area contributed by atoms with Crippen LogP contribution in [-0.2, 0) is 6.54 Å². The minimum atomic E-state index is -0.135. The number of para-hydroxylation sites is 2. The predicted molar refractivity (Wildman–Crippen MR) is 79.9 cm³/mol. The SMILES string of the molecule is O=C(c1cc(C2CC2)on1)N1CCn2c1nc1ccccc12. The van der Waals surface area contributed by atoms with Gasteiger partial charge in [-0.05, 0) is 25.0 Å². The lowest BCUT2D eigenvalue weighted by Crippen LogP contribution is -2.29. The van der Waals surface area contributed by atoms with Gasteiger partial charge in [0.2, 0.25) is 5.95 Å². The molecule has 1 aromatic carbocycles. The maximum Gasteiger partial charge on any atom is 0.282 e. The maximum atomic E-state index is 12.7. The fraction of sp³-hybridized carbons (Fsp3) is 0.312. The molecule has 3 heterocycles. The van der Waals surface area contributed by atoms with Gasteiger partial charge < -0.3 is 9.09 Å². The first kappa shape index (κ1) is 12.0. The number of carbonyl (C=O) groups excluding carboxylic acids is 1. The van der Waals surface area contributed by atoms with Crippen molar-refractivity contribution in [3.8, 4) is 0 Å². The fourth-order valence-corrected chi connectivity index (χ4v) is 3.07. The van der Waals surface area contributed by atoms with Crippen molar-refractivity contribution >= 4 is 22.9 Å². The number of hydrogen-bond donors (Lipinski definition) is 0. The first-order valence-electron chi connectivity index (χ1n) is 7.55. The van der Waals surface area contributed by atoms with Crippen molar-refractivity contribution in [1.82, 2.24) is 14.7 Å². The van der Waals surface area contributed by atoms with Crippen LogP contribution < -0.4 is 4.90 Å². The van der Waals surface area contributed by atoms with Crippen LogP contribution in [0.15, 0.2) is 34.9 Å². The van der Waals surface area contributed by atoms with Crippen LogP contribution in [0.25, 0.3) is 11.0 Å². The van der Waals surface area contributed by atoms with E-state index in [2.05, 4.69) is 14.7 Å². The highest BCUT2D eigenvalue weighted by Crippen LogP contribution is 2.40. The molecule has 1 saturated carbocycles. The summed E-state index contributed by atoms with van der Waals surface area (Å²) in [6.45, 7) is 1.38. The van der Waals surface area contributed by atoms with E-state index in [0.717, 1.165) is 36.2 Å². The van der Waals surface area contributed by atoms with Gasteiger partial charge in [0.05, 0.1) is 11.0 Å². The third-order valence-electron chi connectivity index (χ3n) is 4.40. The van der Waals surface area contributed by atoms with Crippen LogP contribution in [0.2, 0.25) is 0 Å². The van der Waals surface area contributed by atoms with Gasteiger partial charge in [-0.2, -0.15) is 0 Å². The Balaban J connectivity index is 1.52. The summed E-state index contributed by atoms with van der Waals surface area (Å²) >= 11 is 0. The molecule has 0 unspecified atom stereocenters. The molecule has 0 atom stereocenters. The first-order valence-corrected chi connectivity index (χ1v) is 7.55. The van der Waals surface area contributed by atoms with E-state index in [0.29, 0.717) is 24.1 Å². The van der Waals surface area contributed by atoms with Crippen molar-refractivity contribution < 1.29 is 9.32 Å². The number of rotatable bonds is 2. The van der Waals surface area contributed by atoms with E-state index in [4.69, 9.17) is 4.52 Å². The monoisotopic (exact) mass is 294 g/mol. The minimum Gasteiger partial charge on any atom is -0.360 e. The van der Waals surface area contributed by atoms with Gasteiger partial charge in [0.15, 0.2) is 5.69 Å². The quantitative estimate of drug-likeness (QED) is 0.728.